The fourth-order valence-electron chi connectivity index (χ4n) is 5.51. The molecule has 0 radical (unpaired) electrons. The molecular formula is C32H30N2. The predicted octanol–water partition coefficient (Wildman–Crippen LogP) is 7.41. The van der Waals surface area contributed by atoms with E-state index in [-0.39, 0.29) is 12.1 Å². The van der Waals surface area contributed by atoms with Gasteiger partial charge in [0.1, 0.15) is 0 Å². The summed E-state index contributed by atoms with van der Waals surface area (Å²) in [6.45, 7) is 5.41. The molecule has 3 aromatic carbocycles. The van der Waals surface area contributed by atoms with Crippen LogP contribution in [0.25, 0.3) is 16.8 Å². The molecule has 2 nitrogen and oxygen atoms in total. The van der Waals surface area contributed by atoms with Crippen molar-refractivity contribution >= 4 is 5.70 Å². The Balaban J connectivity index is 1.55. The largest absolute Gasteiger partial charge is 0.381 e. The van der Waals surface area contributed by atoms with Gasteiger partial charge in [-0.1, -0.05) is 98.8 Å². The smallest absolute Gasteiger partial charge is 0.0809 e. The summed E-state index contributed by atoms with van der Waals surface area (Å²) in [6.07, 6.45) is 13.6. The highest BCUT2D eigenvalue weighted by Gasteiger charge is 2.38. The van der Waals surface area contributed by atoms with Crippen molar-refractivity contribution in [3.63, 3.8) is 0 Å². The summed E-state index contributed by atoms with van der Waals surface area (Å²) in [5.74, 6) is 0.504. The molecule has 2 heteroatoms. The number of nitrogens with one attached hydrogen (secondary N) is 1. The molecule has 168 valence electrons. The van der Waals surface area contributed by atoms with Gasteiger partial charge in [0, 0.05) is 24.0 Å². The van der Waals surface area contributed by atoms with Crippen LogP contribution in [0.5, 0.6) is 0 Å². The predicted molar refractivity (Wildman–Crippen MR) is 142 cm³/mol. The van der Waals surface area contributed by atoms with Crippen molar-refractivity contribution in [2.75, 3.05) is 6.54 Å². The summed E-state index contributed by atoms with van der Waals surface area (Å²) in [6, 6.07) is 27.1. The van der Waals surface area contributed by atoms with Gasteiger partial charge in [0.05, 0.1) is 12.1 Å². The van der Waals surface area contributed by atoms with Crippen molar-refractivity contribution in [3.8, 4) is 11.1 Å². The van der Waals surface area contributed by atoms with Crippen LogP contribution in [-0.4, -0.2) is 11.4 Å². The van der Waals surface area contributed by atoms with E-state index >= 15 is 0 Å². The van der Waals surface area contributed by atoms with Gasteiger partial charge in [-0.05, 0) is 57.5 Å². The molecule has 0 saturated carbocycles. The Morgan fingerprint density at radius 2 is 1.62 bits per heavy atom. The average Bonchev–Trinajstić information content (AvgIpc) is 3.23. The molecule has 0 aromatic heterocycles. The van der Waals surface area contributed by atoms with Crippen molar-refractivity contribution in [2.45, 2.75) is 25.9 Å². The third-order valence-corrected chi connectivity index (χ3v) is 7.24. The summed E-state index contributed by atoms with van der Waals surface area (Å²) in [5.41, 5.74) is 10.5. The summed E-state index contributed by atoms with van der Waals surface area (Å²) in [5, 5.41) is 3.69. The highest BCUT2D eigenvalue weighted by Crippen LogP contribution is 2.49. The minimum absolute atomic E-state index is 0.179. The van der Waals surface area contributed by atoms with E-state index in [9.17, 15) is 0 Å². The van der Waals surface area contributed by atoms with Crippen molar-refractivity contribution in [3.05, 3.63) is 137 Å². The van der Waals surface area contributed by atoms with Crippen LogP contribution >= 0.6 is 0 Å². The van der Waals surface area contributed by atoms with Crippen molar-refractivity contribution in [1.29, 1.82) is 0 Å². The first-order valence-corrected chi connectivity index (χ1v) is 12.3. The average molecular weight is 443 g/mol. The normalized spacial score (nSPS) is 20.5. The minimum atomic E-state index is 0.179. The lowest BCUT2D eigenvalue weighted by Gasteiger charge is -2.32. The molecule has 0 amide bonds. The molecule has 0 saturated heterocycles. The van der Waals surface area contributed by atoms with Crippen LogP contribution < -0.4 is 5.32 Å². The number of allylic oxidation sites excluding steroid dienone is 4. The van der Waals surface area contributed by atoms with Crippen molar-refractivity contribution < 1.29 is 0 Å². The van der Waals surface area contributed by atoms with Crippen LogP contribution in [0.1, 0.15) is 48.2 Å². The number of nitrogens with zero attached hydrogens (tertiary/aromatic N) is 1. The maximum atomic E-state index is 3.69. The Morgan fingerprint density at radius 1 is 0.824 bits per heavy atom. The molecule has 3 heterocycles. The van der Waals surface area contributed by atoms with E-state index in [1.165, 1.54) is 44.7 Å². The first kappa shape index (κ1) is 20.8. The van der Waals surface area contributed by atoms with Gasteiger partial charge < -0.3 is 10.2 Å². The van der Waals surface area contributed by atoms with Crippen LogP contribution in [0.3, 0.4) is 0 Å². The molecule has 34 heavy (non-hydrogen) atoms. The summed E-state index contributed by atoms with van der Waals surface area (Å²) in [7, 11) is 0. The molecule has 1 unspecified atom stereocenters. The summed E-state index contributed by atoms with van der Waals surface area (Å²) < 4.78 is 0. The lowest BCUT2D eigenvalue weighted by atomic mass is 9.88. The first-order chi connectivity index (χ1) is 16.7. The van der Waals surface area contributed by atoms with Gasteiger partial charge in [-0.2, -0.15) is 0 Å². The van der Waals surface area contributed by atoms with Gasteiger partial charge in [0.15, 0.2) is 0 Å². The molecule has 3 aliphatic heterocycles. The lowest BCUT2D eigenvalue weighted by Crippen LogP contribution is -2.24. The molecule has 3 aliphatic rings. The Labute approximate surface area is 202 Å². The standard InChI is InChI=1S/C32H30N2/c1-22(2)24-17-18-33-30(21-24)29-20-25(23-10-4-3-5-11-23)15-16-28(29)32-27-13-7-6-12-26(27)31-14-8-9-19-34(31)32/h3-17,19-22,31-33H,18H2,1-2H3/t31?,32-/m1/s1. The highest BCUT2D eigenvalue weighted by molar-refractivity contribution is 5.77. The van der Waals surface area contributed by atoms with Gasteiger partial charge in [-0.15, -0.1) is 0 Å². The fourth-order valence-corrected chi connectivity index (χ4v) is 5.51. The second kappa shape index (κ2) is 8.53. The second-order valence-electron chi connectivity index (χ2n) is 9.62. The molecule has 0 bridgehead atoms. The van der Waals surface area contributed by atoms with Gasteiger partial charge in [0.2, 0.25) is 0 Å². The first-order valence-electron chi connectivity index (χ1n) is 12.3. The topological polar surface area (TPSA) is 15.3 Å². The van der Waals surface area contributed by atoms with Crippen LogP contribution in [0.15, 0.2) is 115 Å². The number of hydrogen-bond donors (Lipinski definition) is 1. The number of hydrogen-bond acceptors (Lipinski definition) is 2. The van der Waals surface area contributed by atoms with E-state index in [1.54, 1.807) is 0 Å². The molecule has 0 aliphatic carbocycles. The van der Waals surface area contributed by atoms with Crippen LogP contribution in [0.2, 0.25) is 0 Å². The number of fused-ring (bicyclic) bond motifs is 3. The number of rotatable bonds is 4. The Kier molecular flexibility index (Phi) is 5.22. The highest BCUT2D eigenvalue weighted by atomic mass is 15.2. The third kappa shape index (κ3) is 3.51. The Bertz CT molecular complexity index is 1340. The fraction of sp³-hybridized carbons (Fsp3) is 0.188. The zero-order chi connectivity index (χ0) is 23.1. The van der Waals surface area contributed by atoms with Gasteiger partial charge >= 0.3 is 0 Å². The van der Waals surface area contributed by atoms with Crippen LogP contribution in [-0.2, 0) is 0 Å². The van der Waals surface area contributed by atoms with E-state index in [2.05, 4.69) is 133 Å². The maximum Gasteiger partial charge on any atom is 0.0809 e. The van der Waals surface area contributed by atoms with Gasteiger partial charge in [-0.25, -0.2) is 0 Å². The Morgan fingerprint density at radius 3 is 2.44 bits per heavy atom. The number of dihydropyridines is 1. The zero-order valence-electron chi connectivity index (χ0n) is 19.8. The van der Waals surface area contributed by atoms with Gasteiger partial charge in [0.25, 0.3) is 0 Å². The van der Waals surface area contributed by atoms with Crippen molar-refractivity contribution in [2.24, 2.45) is 5.92 Å². The van der Waals surface area contributed by atoms with Crippen LogP contribution in [0.4, 0.5) is 0 Å². The van der Waals surface area contributed by atoms with E-state index in [0.29, 0.717) is 5.92 Å². The van der Waals surface area contributed by atoms with E-state index in [1.807, 2.05) is 0 Å². The monoisotopic (exact) mass is 442 g/mol. The summed E-state index contributed by atoms with van der Waals surface area (Å²) >= 11 is 0. The van der Waals surface area contributed by atoms with E-state index in [0.717, 1.165) is 6.54 Å². The van der Waals surface area contributed by atoms with Crippen molar-refractivity contribution in [1.82, 2.24) is 10.2 Å². The lowest BCUT2D eigenvalue weighted by molar-refractivity contribution is 0.304. The summed E-state index contributed by atoms with van der Waals surface area (Å²) in [4.78, 5) is 2.51. The molecule has 0 spiro atoms. The van der Waals surface area contributed by atoms with E-state index < -0.39 is 0 Å². The molecule has 3 aromatic rings. The maximum absolute atomic E-state index is 3.69. The molecule has 1 N–H and O–H groups in total. The molecule has 0 fully saturated rings. The number of benzene rings is 3. The molecule has 2 atom stereocenters. The van der Waals surface area contributed by atoms with Gasteiger partial charge in [-0.3, -0.25) is 0 Å². The minimum Gasteiger partial charge on any atom is -0.381 e. The SMILES string of the molecule is CC(C)C1=CCNC(c2cc(-c3ccccc3)ccc2[C@H]2c3ccccc3C3C=CC=CN32)=C1. The third-order valence-electron chi connectivity index (χ3n) is 7.24. The second-order valence-corrected chi connectivity index (χ2v) is 9.62. The molecule has 6 rings (SSSR count). The van der Waals surface area contributed by atoms with E-state index in [4.69, 9.17) is 0 Å². The zero-order valence-corrected chi connectivity index (χ0v) is 19.8. The quantitative estimate of drug-likeness (QED) is 0.452. The Hall–Kier alpha value is -3.78. The molecular weight excluding hydrogens is 412 g/mol. The van der Waals surface area contributed by atoms with Crippen LogP contribution in [0, 0.1) is 5.92 Å².